The minimum atomic E-state index is -0.498. The molecule has 2 aromatic rings. The molecule has 0 aliphatic carbocycles. The van der Waals surface area contributed by atoms with Crippen molar-refractivity contribution in [2.75, 3.05) is 12.4 Å². The van der Waals surface area contributed by atoms with E-state index in [0.29, 0.717) is 11.3 Å². The van der Waals surface area contributed by atoms with E-state index in [4.69, 9.17) is 5.26 Å². The van der Waals surface area contributed by atoms with Crippen molar-refractivity contribution in [1.82, 2.24) is 5.48 Å². The molecule has 0 aromatic heterocycles. The molecule has 2 N–H and O–H groups in total. The summed E-state index contributed by atoms with van der Waals surface area (Å²) in [5.41, 5.74) is 4.10. The summed E-state index contributed by atoms with van der Waals surface area (Å²) in [6.07, 6.45) is 0. The molecule has 2 rings (SSSR count). The van der Waals surface area contributed by atoms with Crippen molar-refractivity contribution in [2.45, 2.75) is 6.92 Å². The van der Waals surface area contributed by atoms with Gasteiger partial charge in [0.25, 0.3) is 5.91 Å². The predicted molar refractivity (Wildman–Crippen MR) is 80.1 cm³/mol. The molecule has 0 aliphatic rings. The number of aryl methyl sites for hydroxylation is 1. The third-order valence-corrected chi connectivity index (χ3v) is 2.98. The molecule has 6 heteroatoms. The number of rotatable bonds is 4. The summed E-state index contributed by atoms with van der Waals surface area (Å²) < 4.78 is 13.9. The van der Waals surface area contributed by atoms with Crippen LogP contribution in [0.2, 0.25) is 0 Å². The number of amides is 1. The average Bonchev–Trinajstić information content (AvgIpc) is 2.50. The minimum Gasteiger partial charge on any atom is -0.352 e. The van der Waals surface area contributed by atoms with E-state index in [1.807, 2.05) is 6.07 Å². The summed E-state index contributed by atoms with van der Waals surface area (Å²) in [6.45, 7) is 1.78. The summed E-state index contributed by atoms with van der Waals surface area (Å²) in [5, 5.41) is 11.8. The van der Waals surface area contributed by atoms with Crippen LogP contribution in [0.25, 0.3) is 0 Å². The summed E-state index contributed by atoms with van der Waals surface area (Å²) in [4.78, 5) is 16.5. The van der Waals surface area contributed by atoms with E-state index in [2.05, 4.69) is 15.6 Å². The molecule has 0 aliphatic heterocycles. The van der Waals surface area contributed by atoms with E-state index in [-0.39, 0.29) is 11.3 Å². The zero-order chi connectivity index (χ0) is 16.1. The van der Waals surface area contributed by atoms with Crippen molar-refractivity contribution in [3.63, 3.8) is 0 Å². The molecule has 0 spiro atoms. The van der Waals surface area contributed by atoms with E-state index in [1.54, 1.807) is 19.1 Å². The van der Waals surface area contributed by atoms with Crippen LogP contribution in [0.1, 0.15) is 21.5 Å². The van der Waals surface area contributed by atoms with Gasteiger partial charge in [-0.15, -0.1) is 0 Å². The Morgan fingerprint density at radius 1 is 1.23 bits per heavy atom. The van der Waals surface area contributed by atoms with Gasteiger partial charge in [0.15, 0.2) is 0 Å². The number of hydrogen-bond acceptors (Lipinski definition) is 4. The van der Waals surface area contributed by atoms with Crippen LogP contribution in [0.5, 0.6) is 0 Å². The lowest BCUT2D eigenvalue weighted by Crippen LogP contribution is -2.22. The Morgan fingerprint density at radius 2 is 2.00 bits per heavy atom. The molecule has 2 aromatic carbocycles. The maximum atomic E-state index is 13.9. The number of benzene rings is 2. The van der Waals surface area contributed by atoms with Crippen LogP contribution in [0.15, 0.2) is 36.4 Å². The molecule has 0 atom stereocenters. The quantitative estimate of drug-likeness (QED) is 0.851. The molecule has 0 saturated heterocycles. The Labute approximate surface area is 127 Å². The van der Waals surface area contributed by atoms with Crippen LogP contribution < -0.4 is 10.8 Å². The number of hydrogen-bond donors (Lipinski definition) is 2. The van der Waals surface area contributed by atoms with E-state index in [0.717, 1.165) is 5.56 Å². The molecule has 0 heterocycles. The molecule has 22 heavy (non-hydrogen) atoms. The standard InChI is InChI=1S/C16H14FN3O2/c1-10-3-6-14(13(17)7-10)19-15-8-11(9-18)4-5-12(15)16(21)20-22-2/h3-8,19H,1-2H3,(H,20,21). The van der Waals surface area contributed by atoms with E-state index < -0.39 is 11.7 Å². The van der Waals surface area contributed by atoms with E-state index >= 15 is 0 Å². The number of carbonyl (C=O) groups is 1. The molecule has 0 bridgehead atoms. The van der Waals surface area contributed by atoms with Gasteiger partial charge in [0, 0.05) is 0 Å². The molecule has 0 fully saturated rings. The lowest BCUT2D eigenvalue weighted by atomic mass is 10.1. The Morgan fingerprint density at radius 3 is 2.64 bits per heavy atom. The average molecular weight is 299 g/mol. The number of halogens is 1. The summed E-state index contributed by atoms with van der Waals surface area (Å²) in [7, 11) is 1.31. The first-order valence-corrected chi connectivity index (χ1v) is 6.46. The van der Waals surface area contributed by atoms with Crippen LogP contribution in [0, 0.1) is 24.1 Å². The number of nitrogens with one attached hydrogen (secondary N) is 2. The van der Waals surface area contributed by atoms with Crippen molar-refractivity contribution >= 4 is 17.3 Å². The smallest absolute Gasteiger partial charge is 0.276 e. The number of hydroxylamine groups is 1. The summed E-state index contributed by atoms with van der Waals surface area (Å²) in [5.74, 6) is -0.942. The first kappa shape index (κ1) is 15.5. The lowest BCUT2D eigenvalue weighted by Gasteiger charge is -2.13. The highest BCUT2D eigenvalue weighted by atomic mass is 19.1. The number of anilines is 2. The van der Waals surface area contributed by atoms with Gasteiger partial charge < -0.3 is 5.32 Å². The predicted octanol–water partition coefficient (Wildman–Crippen LogP) is 3.04. The van der Waals surface area contributed by atoms with Crippen molar-refractivity contribution < 1.29 is 14.0 Å². The van der Waals surface area contributed by atoms with Crippen molar-refractivity contribution in [2.24, 2.45) is 0 Å². The highest BCUT2D eigenvalue weighted by molar-refractivity contribution is 6.00. The van der Waals surface area contributed by atoms with Gasteiger partial charge in [0.05, 0.1) is 35.7 Å². The second-order valence-electron chi connectivity index (χ2n) is 4.62. The first-order chi connectivity index (χ1) is 10.5. The molecule has 0 radical (unpaired) electrons. The number of nitrogens with zero attached hydrogens (tertiary/aromatic N) is 1. The fraction of sp³-hybridized carbons (Fsp3) is 0.125. The molecular formula is C16H14FN3O2. The molecule has 0 saturated carbocycles. The second kappa shape index (κ2) is 6.70. The maximum absolute atomic E-state index is 13.9. The molecule has 112 valence electrons. The van der Waals surface area contributed by atoms with Crippen molar-refractivity contribution in [3.05, 3.63) is 58.9 Å². The third-order valence-electron chi connectivity index (χ3n) is 2.98. The van der Waals surface area contributed by atoms with Crippen molar-refractivity contribution in [3.8, 4) is 6.07 Å². The number of carbonyl (C=O) groups excluding carboxylic acids is 1. The van der Waals surface area contributed by atoms with Crippen molar-refractivity contribution in [1.29, 1.82) is 5.26 Å². The Balaban J connectivity index is 2.43. The number of nitriles is 1. The molecule has 1 amide bonds. The lowest BCUT2D eigenvalue weighted by molar-refractivity contribution is 0.0538. The molecule has 5 nitrogen and oxygen atoms in total. The third kappa shape index (κ3) is 3.40. The highest BCUT2D eigenvalue weighted by Crippen LogP contribution is 2.25. The van der Waals surface area contributed by atoms with Crippen LogP contribution in [0.4, 0.5) is 15.8 Å². The van der Waals surface area contributed by atoms with Crippen LogP contribution in [-0.4, -0.2) is 13.0 Å². The Hall–Kier alpha value is -2.91. The topological polar surface area (TPSA) is 74.1 Å². The normalized spacial score (nSPS) is 9.91. The summed E-state index contributed by atoms with van der Waals surface area (Å²) >= 11 is 0. The van der Waals surface area contributed by atoms with E-state index in [9.17, 15) is 9.18 Å². The second-order valence-corrected chi connectivity index (χ2v) is 4.62. The van der Waals surface area contributed by atoms with Gasteiger partial charge in [0.2, 0.25) is 0 Å². The SMILES string of the molecule is CONC(=O)c1ccc(C#N)cc1Nc1ccc(C)cc1F. The largest absolute Gasteiger partial charge is 0.352 e. The van der Waals surface area contributed by atoms with Crippen LogP contribution >= 0.6 is 0 Å². The minimum absolute atomic E-state index is 0.215. The van der Waals surface area contributed by atoms with Gasteiger partial charge >= 0.3 is 0 Å². The van der Waals surface area contributed by atoms with Gasteiger partial charge in [-0.2, -0.15) is 5.26 Å². The zero-order valence-corrected chi connectivity index (χ0v) is 12.1. The van der Waals surface area contributed by atoms with Crippen LogP contribution in [-0.2, 0) is 4.84 Å². The molecule has 0 unspecified atom stereocenters. The Bertz CT molecular complexity index is 754. The van der Waals surface area contributed by atoms with Gasteiger partial charge in [-0.1, -0.05) is 6.07 Å². The summed E-state index contributed by atoms with van der Waals surface area (Å²) in [6, 6.07) is 11.1. The van der Waals surface area contributed by atoms with Crippen LogP contribution in [0.3, 0.4) is 0 Å². The molecular weight excluding hydrogens is 285 g/mol. The Kier molecular flexibility index (Phi) is 4.71. The first-order valence-electron chi connectivity index (χ1n) is 6.46. The van der Waals surface area contributed by atoms with E-state index in [1.165, 1.54) is 31.4 Å². The monoisotopic (exact) mass is 299 g/mol. The van der Waals surface area contributed by atoms with Gasteiger partial charge in [-0.3, -0.25) is 9.63 Å². The van der Waals surface area contributed by atoms with Gasteiger partial charge in [0.1, 0.15) is 5.82 Å². The fourth-order valence-corrected chi connectivity index (χ4v) is 1.93. The van der Waals surface area contributed by atoms with Gasteiger partial charge in [-0.25, -0.2) is 9.87 Å². The zero-order valence-electron chi connectivity index (χ0n) is 12.1. The van der Waals surface area contributed by atoms with Gasteiger partial charge in [-0.05, 0) is 42.8 Å². The fourth-order valence-electron chi connectivity index (χ4n) is 1.93. The highest BCUT2D eigenvalue weighted by Gasteiger charge is 2.14. The maximum Gasteiger partial charge on any atom is 0.276 e.